The summed E-state index contributed by atoms with van der Waals surface area (Å²) in [5.41, 5.74) is 8.75. The number of nitrogens with one attached hydrogen (secondary N) is 1. The van der Waals surface area contributed by atoms with Gasteiger partial charge in [0.1, 0.15) is 4.90 Å². The summed E-state index contributed by atoms with van der Waals surface area (Å²) in [6, 6.07) is 12.3. The van der Waals surface area contributed by atoms with E-state index in [0.717, 1.165) is 11.3 Å². The highest BCUT2D eigenvalue weighted by molar-refractivity contribution is 7.90. The molecule has 0 aromatic heterocycles. The molecular formula is C20H23ClN4O3S. The van der Waals surface area contributed by atoms with Crippen molar-refractivity contribution in [3.8, 4) is 0 Å². The fourth-order valence-electron chi connectivity index (χ4n) is 3.68. The number of benzene rings is 2. The number of piperidine rings is 1. The fraction of sp³-hybridized carbons (Fsp3) is 0.300. The van der Waals surface area contributed by atoms with E-state index >= 15 is 0 Å². The number of nitrogen functional groups attached to an aromatic ring is 1. The number of nitrogens with two attached hydrogens (primary N) is 1. The molecule has 0 spiro atoms. The standard InChI is InChI=1S/C20H22N4O3S.ClH/c1-13-6-7-15(21)12-17(13)22-20(25)14-8-10-24(11-9-14)19-16-4-2-3-5-18(16)28(26,27)23-19;/h2-7,12,14H,8-11,21H2,1H3,(H,22,25);1H. The Bertz CT molecular complexity index is 1080. The first-order valence-electron chi connectivity index (χ1n) is 9.21. The van der Waals surface area contributed by atoms with Crippen LogP contribution >= 0.6 is 12.4 Å². The lowest BCUT2D eigenvalue weighted by molar-refractivity contribution is -0.121. The Hall–Kier alpha value is -2.58. The summed E-state index contributed by atoms with van der Waals surface area (Å²) < 4.78 is 28.5. The first kappa shape index (κ1) is 21.1. The van der Waals surface area contributed by atoms with Crippen LogP contribution in [0, 0.1) is 12.8 Å². The van der Waals surface area contributed by atoms with Crippen LogP contribution in [-0.4, -0.2) is 38.2 Å². The van der Waals surface area contributed by atoms with E-state index in [1.807, 2.05) is 24.0 Å². The zero-order chi connectivity index (χ0) is 19.9. The van der Waals surface area contributed by atoms with Gasteiger partial charge in [0.15, 0.2) is 5.84 Å². The van der Waals surface area contributed by atoms with Crippen LogP contribution in [0.15, 0.2) is 51.8 Å². The molecule has 0 atom stereocenters. The number of anilines is 2. The normalized spacial score (nSPS) is 17.8. The molecule has 0 aliphatic carbocycles. The largest absolute Gasteiger partial charge is 0.399 e. The van der Waals surface area contributed by atoms with Crippen molar-refractivity contribution in [2.75, 3.05) is 24.1 Å². The van der Waals surface area contributed by atoms with Crippen molar-refractivity contribution in [2.45, 2.75) is 24.7 Å². The molecule has 2 heterocycles. The monoisotopic (exact) mass is 434 g/mol. The van der Waals surface area contributed by atoms with E-state index in [4.69, 9.17) is 5.73 Å². The molecular weight excluding hydrogens is 412 g/mol. The van der Waals surface area contributed by atoms with Crippen molar-refractivity contribution < 1.29 is 13.2 Å². The number of likely N-dealkylation sites (tertiary alicyclic amines) is 1. The van der Waals surface area contributed by atoms with Crippen LogP contribution in [0.1, 0.15) is 24.0 Å². The average molecular weight is 435 g/mol. The van der Waals surface area contributed by atoms with Crippen LogP contribution in [-0.2, 0) is 14.8 Å². The maximum Gasteiger partial charge on any atom is 0.285 e. The number of halogens is 1. The van der Waals surface area contributed by atoms with Gasteiger partial charge >= 0.3 is 0 Å². The van der Waals surface area contributed by atoms with Crippen molar-refractivity contribution in [3.63, 3.8) is 0 Å². The van der Waals surface area contributed by atoms with Gasteiger partial charge < -0.3 is 16.0 Å². The van der Waals surface area contributed by atoms with Crippen molar-refractivity contribution >= 4 is 45.5 Å². The molecule has 3 N–H and O–H groups in total. The van der Waals surface area contributed by atoms with E-state index in [1.54, 1.807) is 30.3 Å². The zero-order valence-corrected chi connectivity index (χ0v) is 17.6. The Kier molecular flexibility index (Phi) is 5.86. The molecule has 1 saturated heterocycles. The molecule has 9 heteroatoms. The topological polar surface area (TPSA) is 105 Å². The number of amides is 1. The number of carbonyl (C=O) groups is 1. The Labute approximate surface area is 176 Å². The minimum Gasteiger partial charge on any atom is -0.399 e. The number of nitrogens with zero attached hydrogens (tertiary/aromatic N) is 2. The van der Waals surface area contributed by atoms with E-state index in [1.165, 1.54) is 0 Å². The number of aryl methyl sites for hydroxylation is 1. The zero-order valence-electron chi connectivity index (χ0n) is 16.0. The molecule has 2 aliphatic heterocycles. The van der Waals surface area contributed by atoms with E-state index in [0.29, 0.717) is 43.0 Å². The van der Waals surface area contributed by atoms with Crippen molar-refractivity contribution in [1.29, 1.82) is 0 Å². The molecule has 0 radical (unpaired) electrons. The molecule has 2 aromatic rings. The van der Waals surface area contributed by atoms with Crippen LogP contribution < -0.4 is 11.1 Å². The van der Waals surface area contributed by atoms with Crippen LogP contribution in [0.4, 0.5) is 11.4 Å². The van der Waals surface area contributed by atoms with E-state index < -0.39 is 10.0 Å². The SMILES string of the molecule is Cc1ccc(N)cc1NC(=O)C1CCN(C2=NS(=O)(=O)c3ccccc32)CC1.Cl. The highest BCUT2D eigenvalue weighted by Crippen LogP contribution is 2.30. The quantitative estimate of drug-likeness (QED) is 0.707. The number of amidine groups is 1. The maximum atomic E-state index is 12.7. The molecule has 0 unspecified atom stereocenters. The first-order chi connectivity index (χ1) is 13.3. The lowest BCUT2D eigenvalue weighted by atomic mass is 9.95. The molecule has 1 fully saturated rings. The molecule has 29 heavy (non-hydrogen) atoms. The summed E-state index contributed by atoms with van der Waals surface area (Å²) in [7, 11) is -3.63. The van der Waals surface area contributed by atoms with Gasteiger partial charge in [-0.1, -0.05) is 18.2 Å². The Morgan fingerprint density at radius 1 is 1.17 bits per heavy atom. The molecule has 0 bridgehead atoms. The molecule has 7 nitrogen and oxygen atoms in total. The summed E-state index contributed by atoms with van der Waals surface area (Å²) in [4.78, 5) is 14.9. The second-order valence-electron chi connectivity index (χ2n) is 7.21. The van der Waals surface area contributed by atoms with Crippen LogP contribution in [0.25, 0.3) is 0 Å². The van der Waals surface area contributed by atoms with Gasteiger partial charge in [-0.2, -0.15) is 8.42 Å². The molecule has 1 amide bonds. The van der Waals surface area contributed by atoms with Gasteiger partial charge in [-0.15, -0.1) is 16.8 Å². The molecule has 4 rings (SSSR count). The second-order valence-corrected chi connectivity index (χ2v) is 8.78. The minimum absolute atomic E-state index is 0. The van der Waals surface area contributed by atoms with E-state index in [2.05, 4.69) is 9.71 Å². The predicted molar refractivity (Wildman–Crippen MR) is 116 cm³/mol. The summed E-state index contributed by atoms with van der Waals surface area (Å²) in [6.45, 7) is 3.08. The van der Waals surface area contributed by atoms with Crippen LogP contribution in [0.2, 0.25) is 0 Å². The van der Waals surface area contributed by atoms with Crippen LogP contribution in [0.3, 0.4) is 0 Å². The number of sulfonamides is 1. The van der Waals surface area contributed by atoms with Crippen molar-refractivity contribution in [1.82, 2.24) is 4.90 Å². The molecule has 0 saturated carbocycles. The Morgan fingerprint density at radius 3 is 2.59 bits per heavy atom. The van der Waals surface area contributed by atoms with E-state index in [9.17, 15) is 13.2 Å². The summed E-state index contributed by atoms with van der Waals surface area (Å²) in [5.74, 6) is 0.321. The van der Waals surface area contributed by atoms with Crippen molar-refractivity contribution in [3.05, 3.63) is 53.6 Å². The third-order valence-electron chi connectivity index (χ3n) is 5.30. The number of rotatable bonds is 2. The third-order valence-corrected chi connectivity index (χ3v) is 6.62. The van der Waals surface area contributed by atoms with Gasteiger partial charge in [0.25, 0.3) is 10.0 Å². The van der Waals surface area contributed by atoms with Gasteiger partial charge in [0.2, 0.25) is 5.91 Å². The summed E-state index contributed by atoms with van der Waals surface area (Å²) >= 11 is 0. The maximum absolute atomic E-state index is 12.7. The summed E-state index contributed by atoms with van der Waals surface area (Å²) in [6.07, 6.45) is 1.27. The summed E-state index contributed by atoms with van der Waals surface area (Å²) in [5, 5.41) is 2.97. The minimum atomic E-state index is -3.63. The second kappa shape index (κ2) is 8.04. The number of hydrogen-bond acceptors (Lipinski definition) is 5. The highest BCUT2D eigenvalue weighted by Gasteiger charge is 2.34. The third kappa shape index (κ3) is 4.09. The fourth-order valence-corrected chi connectivity index (χ4v) is 4.91. The lowest BCUT2D eigenvalue weighted by Gasteiger charge is -2.32. The number of fused-ring (bicyclic) bond motifs is 1. The predicted octanol–water partition coefficient (Wildman–Crippen LogP) is 2.80. The van der Waals surface area contributed by atoms with Gasteiger partial charge in [0, 0.05) is 35.9 Å². The van der Waals surface area contributed by atoms with Gasteiger partial charge in [0.05, 0.1) is 0 Å². The molecule has 2 aliphatic rings. The first-order valence-corrected chi connectivity index (χ1v) is 10.7. The number of hydrogen-bond donors (Lipinski definition) is 2. The van der Waals surface area contributed by atoms with Gasteiger partial charge in [-0.25, -0.2) is 0 Å². The average Bonchev–Trinajstić information content (AvgIpc) is 2.96. The number of carbonyl (C=O) groups excluding carboxylic acids is 1. The van der Waals surface area contributed by atoms with Crippen LogP contribution in [0.5, 0.6) is 0 Å². The Balaban J connectivity index is 0.00000240. The lowest BCUT2D eigenvalue weighted by Crippen LogP contribution is -2.41. The molecule has 154 valence electrons. The van der Waals surface area contributed by atoms with Crippen molar-refractivity contribution in [2.24, 2.45) is 10.3 Å². The van der Waals surface area contributed by atoms with E-state index in [-0.39, 0.29) is 29.1 Å². The highest BCUT2D eigenvalue weighted by atomic mass is 35.5. The molecule has 2 aromatic carbocycles. The smallest absolute Gasteiger partial charge is 0.285 e. The van der Waals surface area contributed by atoms with Gasteiger partial charge in [-0.05, 0) is 49.6 Å². The Morgan fingerprint density at radius 2 is 1.86 bits per heavy atom. The van der Waals surface area contributed by atoms with Gasteiger partial charge in [-0.3, -0.25) is 4.79 Å².